The van der Waals surface area contributed by atoms with Gasteiger partial charge in [-0.1, -0.05) is 66.1 Å². The number of fused-ring (bicyclic) bond motifs is 2. The SMILES string of the molecule is COc1cc(-c2ccc(N=Nc3cc(S(=O)(=O)[O-])c4cccc(S(=O)(=O)[O-])c4c3[O-])c([O-])c2)ccc1N=Nc1cc2ccc(Nc3ccccc3)cc2cc1S(=O)(=O)[O-].[Cu+2].[Na+].[Na+].[Na+]. The van der Waals surface area contributed by atoms with Gasteiger partial charge in [0.2, 0.25) is 0 Å². The molecule has 0 saturated heterocycles. The van der Waals surface area contributed by atoms with Crippen molar-refractivity contribution in [1.29, 1.82) is 0 Å². The Bertz CT molecular complexity index is 3260. The van der Waals surface area contributed by atoms with Crippen LogP contribution in [0.15, 0.2) is 156 Å². The Labute approximate surface area is 437 Å². The van der Waals surface area contributed by atoms with E-state index in [0.29, 0.717) is 33.7 Å². The number of para-hydroxylation sites is 1. The van der Waals surface area contributed by atoms with E-state index in [0.717, 1.165) is 30.0 Å². The first kappa shape index (κ1) is 54.0. The van der Waals surface area contributed by atoms with Gasteiger partial charge in [-0.15, -0.1) is 10.2 Å². The molecule has 0 spiro atoms. The predicted molar refractivity (Wildman–Crippen MR) is 207 cm³/mol. The topological polar surface area (TPSA) is 288 Å². The van der Waals surface area contributed by atoms with Crippen LogP contribution in [0.2, 0.25) is 0 Å². The maximum absolute atomic E-state index is 13.2. The third kappa shape index (κ3) is 12.3. The molecule has 0 unspecified atom stereocenters. The normalized spacial score (nSPS) is 11.7. The van der Waals surface area contributed by atoms with Gasteiger partial charge < -0.3 is 33.9 Å². The van der Waals surface area contributed by atoms with E-state index in [9.17, 15) is 49.1 Å². The molecule has 309 valence electrons. The van der Waals surface area contributed by atoms with Gasteiger partial charge in [-0.05, 0) is 99.4 Å². The minimum absolute atomic E-state index is 0. The van der Waals surface area contributed by atoms with E-state index in [1.165, 1.54) is 43.5 Å². The van der Waals surface area contributed by atoms with Gasteiger partial charge in [-0.2, -0.15) is 10.2 Å². The molecule has 1 N–H and O–H groups in total. The Morgan fingerprint density at radius 1 is 0.508 bits per heavy atom. The van der Waals surface area contributed by atoms with E-state index < -0.39 is 73.0 Å². The summed E-state index contributed by atoms with van der Waals surface area (Å²) in [6.07, 6.45) is 0. The standard InChI is InChI=1S/C39H29N5O12S3.Cu.3Na/c1-56-34-19-24(12-15-30(34)42-43-31-17-22-10-13-27(40-26-6-3-2-4-7-26)16-25(22)20-37(31)59(53,54)55)23-11-14-29(33(45)18-23)41-44-32-21-36(58(50,51)52)28-8-5-9-35(57(47,48)49)38(28)39(32)46;;;;/h2-21,40,45-46H,1H3,(H,47,48,49)(H,50,51,52)(H,53,54,55);;;;/q;+2;3*+1/p-5. The molecular formula is C39H24CuN5Na3O12S3. The maximum Gasteiger partial charge on any atom is 2.00 e. The summed E-state index contributed by atoms with van der Waals surface area (Å²) >= 11 is 0. The molecule has 7 aromatic rings. The van der Waals surface area contributed by atoms with Crippen molar-refractivity contribution in [2.45, 2.75) is 14.7 Å². The number of azo groups is 2. The smallest absolute Gasteiger partial charge is 0.871 e. The van der Waals surface area contributed by atoms with Crippen molar-refractivity contribution >= 4 is 86.0 Å². The van der Waals surface area contributed by atoms with Gasteiger partial charge in [-0.25, -0.2) is 25.3 Å². The van der Waals surface area contributed by atoms with Crippen LogP contribution >= 0.6 is 0 Å². The third-order valence-electron chi connectivity index (χ3n) is 8.81. The summed E-state index contributed by atoms with van der Waals surface area (Å²) in [5, 5.41) is 44.7. The summed E-state index contributed by atoms with van der Waals surface area (Å²) in [4.78, 5) is -2.69. The number of benzene rings is 7. The molecule has 24 heteroatoms. The zero-order valence-corrected chi connectivity index (χ0v) is 42.7. The van der Waals surface area contributed by atoms with Crippen LogP contribution in [0, 0.1) is 0 Å². The number of hydrogen-bond acceptors (Lipinski definition) is 17. The average Bonchev–Trinajstić information content (AvgIpc) is 3.18. The van der Waals surface area contributed by atoms with E-state index in [-0.39, 0.29) is 129 Å². The molecule has 7 rings (SSSR count). The second-order valence-electron chi connectivity index (χ2n) is 12.6. The van der Waals surface area contributed by atoms with Gasteiger partial charge in [0.25, 0.3) is 0 Å². The molecule has 63 heavy (non-hydrogen) atoms. The fourth-order valence-electron chi connectivity index (χ4n) is 6.10. The van der Waals surface area contributed by atoms with E-state index >= 15 is 0 Å². The largest absolute Gasteiger partial charge is 2.00 e. The molecule has 0 saturated carbocycles. The molecule has 0 aliphatic carbocycles. The van der Waals surface area contributed by atoms with Crippen LogP contribution in [-0.2, 0) is 47.4 Å². The van der Waals surface area contributed by atoms with E-state index in [2.05, 4.69) is 25.8 Å². The summed E-state index contributed by atoms with van der Waals surface area (Å²) in [7, 11) is -14.3. The second kappa shape index (κ2) is 21.8. The average molecular weight is 983 g/mol. The maximum atomic E-state index is 13.2. The molecule has 0 aliphatic heterocycles. The number of anilines is 2. The Hall–Kier alpha value is -3.29. The number of nitrogens with zero attached hydrogens (tertiary/aromatic N) is 4. The van der Waals surface area contributed by atoms with Crippen molar-refractivity contribution in [2.75, 3.05) is 12.4 Å². The van der Waals surface area contributed by atoms with Crippen molar-refractivity contribution in [2.24, 2.45) is 20.5 Å². The zero-order valence-electron chi connectivity index (χ0n) is 33.3. The van der Waals surface area contributed by atoms with Crippen LogP contribution in [-0.4, -0.2) is 46.0 Å². The van der Waals surface area contributed by atoms with Crippen molar-refractivity contribution in [3.05, 3.63) is 121 Å². The van der Waals surface area contributed by atoms with Gasteiger partial charge in [0, 0.05) is 11.4 Å². The fourth-order valence-corrected chi connectivity index (χ4v) is 8.12. The predicted octanol–water partition coefficient (Wildman–Crippen LogP) is -1.89. The van der Waals surface area contributed by atoms with Crippen LogP contribution in [0.4, 0.5) is 34.1 Å². The van der Waals surface area contributed by atoms with Crippen LogP contribution in [0.1, 0.15) is 0 Å². The number of nitrogens with one attached hydrogen (secondary N) is 1. The Morgan fingerprint density at radius 2 is 1.10 bits per heavy atom. The molecule has 0 amide bonds. The molecule has 0 fully saturated rings. The molecule has 0 bridgehead atoms. The zero-order chi connectivity index (χ0) is 42.3. The number of methoxy groups -OCH3 is 1. The molecule has 0 atom stereocenters. The summed E-state index contributed by atoms with van der Waals surface area (Å²) < 4.78 is 114. The van der Waals surface area contributed by atoms with Gasteiger partial charge in [0.1, 0.15) is 47.5 Å². The summed E-state index contributed by atoms with van der Waals surface area (Å²) in [6.45, 7) is 0. The Kier molecular flexibility index (Phi) is 18.7. The van der Waals surface area contributed by atoms with Crippen LogP contribution in [0.25, 0.3) is 32.7 Å². The second-order valence-corrected chi connectivity index (χ2v) is 16.7. The number of hydrogen-bond donors (Lipinski definition) is 1. The van der Waals surface area contributed by atoms with Crippen molar-refractivity contribution in [3.8, 4) is 28.4 Å². The minimum Gasteiger partial charge on any atom is -0.871 e. The number of ether oxygens (including phenoxy) is 1. The first-order chi connectivity index (χ1) is 27.9. The first-order valence-electron chi connectivity index (χ1n) is 16.8. The van der Waals surface area contributed by atoms with Crippen LogP contribution < -0.4 is 109 Å². The summed E-state index contributed by atoms with van der Waals surface area (Å²) in [5.41, 5.74) is 0.995. The summed E-state index contributed by atoms with van der Waals surface area (Å²) in [6, 6.07) is 28.8. The monoisotopic (exact) mass is 982 g/mol. The van der Waals surface area contributed by atoms with Crippen molar-refractivity contribution in [3.63, 3.8) is 0 Å². The molecule has 0 aromatic heterocycles. The Morgan fingerprint density at radius 3 is 1.71 bits per heavy atom. The molecule has 1 radical (unpaired) electrons. The van der Waals surface area contributed by atoms with Gasteiger partial charge >= 0.3 is 106 Å². The Balaban J connectivity index is 0.00000264. The van der Waals surface area contributed by atoms with E-state index in [4.69, 9.17) is 4.74 Å². The fraction of sp³-hybridized carbons (Fsp3) is 0.0256. The quantitative estimate of drug-likeness (QED) is 0.0844. The van der Waals surface area contributed by atoms with Crippen molar-refractivity contribution in [1.82, 2.24) is 0 Å². The van der Waals surface area contributed by atoms with E-state index in [1.807, 2.05) is 30.3 Å². The molecule has 7 aromatic carbocycles. The minimum atomic E-state index is -5.32. The number of rotatable bonds is 11. The van der Waals surface area contributed by atoms with E-state index in [1.54, 1.807) is 24.3 Å². The third-order valence-corrected chi connectivity index (χ3v) is 11.4. The summed E-state index contributed by atoms with van der Waals surface area (Å²) in [5.74, 6) is -1.81. The molecule has 0 heterocycles. The van der Waals surface area contributed by atoms with Crippen LogP contribution in [0.3, 0.4) is 0 Å². The molecule has 17 nitrogen and oxygen atoms in total. The van der Waals surface area contributed by atoms with Crippen LogP contribution in [0.5, 0.6) is 17.2 Å². The van der Waals surface area contributed by atoms with Crippen molar-refractivity contribution < 1.29 is 160 Å². The van der Waals surface area contributed by atoms with Gasteiger partial charge in [-0.3, -0.25) is 0 Å². The first-order valence-corrected chi connectivity index (χ1v) is 21.0. The molecule has 0 aliphatic rings. The van der Waals surface area contributed by atoms with Gasteiger partial charge in [0.05, 0.1) is 33.2 Å². The van der Waals surface area contributed by atoms with Gasteiger partial charge in [0.15, 0.2) is 0 Å². The molecular weight excluding hydrogens is 959 g/mol.